The molecule has 4 rings (SSSR count). The molecule has 156 valence electrons. The Labute approximate surface area is 174 Å². The number of piperidine rings is 1. The monoisotopic (exact) mass is 409 g/mol. The average Bonchev–Trinajstić information content (AvgIpc) is 3.24. The van der Waals surface area contributed by atoms with Crippen LogP contribution in [-0.4, -0.2) is 38.7 Å². The van der Waals surface area contributed by atoms with Crippen LogP contribution in [0, 0.1) is 11.7 Å². The molecular weight excluding hydrogens is 385 g/mol. The number of carbonyl (C=O) groups is 1. The smallest absolute Gasteiger partial charge is 0.338 e. The van der Waals surface area contributed by atoms with Crippen LogP contribution in [-0.2, 0) is 0 Å². The van der Waals surface area contributed by atoms with Gasteiger partial charge in [-0.3, -0.25) is 0 Å². The van der Waals surface area contributed by atoms with Crippen molar-refractivity contribution in [2.45, 2.75) is 38.6 Å². The number of allylic oxidation sites excluding steroid dienone is 4. The van der Waals surface area contributed by atoms with Crippen molar-refractivity contribution < 1.29 is 18.8 Å². The second-order valence-corrected chi connectivity index (χ2v) is 7.79. The van der Waals surface area contributed by atoms with Crippen molar-refractivity contribution in [3.05, 3.63) is 66.0 Å². The molecule has 2 aliphatic rings. The van der Waals surface area contributed by atoms with Gasteiger partial charge < -0.3 is 14.5 Å². The predicted octanol–water partition coefficient (Wildman–Crippen LogP) is 4.92. The van der Waals surface area contributed by atoms with Gasteiger partial charge in [-0.2, -0.15) is 4.98 Å². The van der Waals surface area contributed by atoms with Crippen LogP contribution in [0.1, 0.15) is 48.9 Å². The molecule has 0 spiro atoms. The zero-order valence-electron chi connectivity index (χ0n) is 16.8. The summed E-state index contributed by atoms with van der Waals surface area (Å²) in [6, 6.07) is 4.29. The number of aromatic carboxylic acids is 1. The lowest BCUT2D eigenvalue weighted by Gasteiger charge is -2.40. The lowest BCUT2D eigenvalue weighted by Crippen LogP contribution is -2.39. The minimum absolute atomic E-state index is 0.160. The molecule has 1 N–H and O–H groups in total. The van der Waals surface area contributed by atoms with Crippen molar-refractivity contribution in [3.8, 4) is 11.4 Å². The van der Waals surface area contributed by atoms with Crippen LogP contribution >= 0.6 is 0 Å². The van der Waals surface area contributed by atoms with Gasteiger partial charge in [0.1, 0.15) is 5.82 Å². The Balaban J connectivity index is 1.59. The lowest BCUT2D eigenvalue weighted by atomic mass is 9.88. The summed E-state index contributed by atoms with van der Waals surface area (Å²) < 4.78 is 19.4. The van der Waals surface area contributed by atoms with Gasteiger partial charge in [0.2, 0.25) is 5.82 Å². The topological polar surface area (TPSA) is 79.5 Å². The molecule has 1 aliphatic heterocycles. The first-order valence-electron chi connectivity index (χ1n) is 10.1. The summed E-state index contributed by atoms with van der Waals surface area (Å²) in [5.41, 5.74) is 2.14. The molecule has 7 heteroatoms. The summed E-state index contributed by atoms with van der Waals surface area (Å²) in [7, 11) is 0. The molecule has 0 radical (unpaired) electrons. The third kappa shape index (κ3) is 3.79. The van der Waals surface area contributed by atoms with Crippen molar-refractivity contribution in [1.29, 1.82) is 0 Å². The van der Waals surface area contributed by atoms with Gasteiger partial charge >= 0.3 is 5.97 Å². The van der Waals surface area contributed by atoms with Gasteiger partial charge in [-0.15, -0.1) is 6.58 Å². The molecule has 2 atom stereocenters. The van der Waals surface area contributed by atoms with Gasteiger partial charge in [0.25, 0.3) is 5.89 Å². The highest BCUT2D eigenvalue weighted by Crippen LogP contribution is 2.36. The quantitative estimate of drug-likeness (QED) is 0.706. The summed E-state index contributed by atoms with van der Waals surface area (Å²) in [6.07, 6.45) is 10.4. The van der Waals surface area contributed by atoms with Gasteiger partial charge in [0, 0.05) is 35.3 Å². The molecule has 1 aromatic carbocycles. The maximum Gasteiger partial charge on any atom is 0.338 e. The summed E-state index contributed by atoms with van der Waals surface area (Å²) in [5, 5.41) is 12.9. The van der Waals surface area contributed by atoms with Crippen molar-refractivity contribution in [2.24, 2.45) is 5.92 Å². The van der Waals surface area contributed by atoms with E-state index in [1.54, 1.807) is 0 Å². The van der Waals surface area contributed by atoms with Crippen molar-refractivity contribution in [3.63, 3.8) is 0 Å². The Morgan fingerprint density at radius 1 is 1.37 bits per heavy atom. The maximum atomic E-state index is 14.0. The zero-order chi connectivity index (χ0) is 21.3. The van der Waals surface area contributed by atoms with Crippen LogP contribution in [0.25, 0.3) is 17.0 Å². The number of halogens is 1. The second kappa shape index (κ2) is 8.26. The molecule has 0 amide bonds. The molecule has 2 unspecified atom stereocenters. The standard InChI is InChI=1S/C23H24FN3O3/c1-3-15-12-17(8-10-20(15)27-11-5-4-6-14(27)2)22-25-21(26-30-22)16-7-9-18(23(28)29)19(24)13-16/h3,7-10,13-15H,1,4-6,11-12H2,2H3,(H,28,29). The molecule has 30 heavy (non-hydrogen) atoms. The fraction of sp³-hybridized carbons (Fsp3) is 0.348. The fourth-order valence-electron chi connectivity index (χ4n) is 4.17. The van der Waals surface area contributed by atoms with Crippen LogP contribution in [0.4, 0.5) is 4.39 Å². The van der Waals surface area contributed by atoms with E-state index in [1.807, 2.05) is 12.2 Å². The number of aromatic nitrogens is 2. The van der Waals surface area contributed by atoms with E-state index < -0.39 is 17.3 Å². The lowest BCUT2D eigenvalue weighted by molar-refractivity contribution is 0.0692. The molecule has 6 nitrogen and oxygen atoms in total. The summed E-state index contributed by atoms with van der Waals surface area (Å²) in [4.78, 5) is 17.9. The molecule has 2 heterocycles. The molecule has 1 fully saturated rings. The first-order chi connectivity index (χ1) is 14.5. The van der Waals surface area contributed by atoms with Crippen LogP contribution in [0.5, 0.6) is 0 Å². The normalized spacial score (nSPS) is 21.7. The fourth-order valence-corrected chi connectivity index (χ4v) is 4.17. The predicted molar refractivity (Wildman–Crippen MR) is 111 cm³/mol. The largest absolute Gasteiger partial charge is 0.478 e. The molecule has 1 aliphatic carbocycles. The minimum Gasteiger partial charge on any atom is -0.478 e. The van der Waals surface area contributed by atoms with E-state index in [0.29, 0.717) is 23.9 Å². The van der Waals surface area contributed by atoms with Gasteiger partial charge in [-0.05, 0) is 56.9 Å². The van der Waals surface area contributed by atoms with E-state index in [9.17, 15) is 9.18 Å². The Hall–Kier alpha value is -3.22. The summed E-state index contributed by atoms with van der Waals surface area (Å²) in [6.45, 7) is 7.34. The third-order valence-corrected chi connectivity index (χ3v) is 5.85. The number of nitrogens with zero attached hydrogens (tertiary/aromatic N) is 3. The highest BCUT2D eigenvalue weighted by atomic mass is 19.1. The Morgan fingerprint density at radius 3 is 2.90 bits per heavy atom. The highest BCUT2D eigenvalue weighted by Gasteiger charge is 2.28. The van der Waals surface area contributed by atoms with Crippen LogP contribution in [0.2, 0.25) is 0 Å². The number of hydrogen-bond donors (Lipinski definition) is 1. The Morgan fingerprint density at radius 2 is 2.20 bits per heavy atom. The van der Waals surface area contributed by atoms with Gasteiger partial charge in [-0.1, -0.05) is 17.3 Å². The number of rotatable bonds is 5. The van der Waals surface area contributed by atoms with Crippen molar-refractivity contribution in [2.75, 3.05) is 6.54 Å². The van der Waals surface area contributed by atoms with E-state index in [1.165, 1.54) is 37.1 Å². The Bertz CT molecular complexity index is 1040. The van der Waals surface area contributed by atoms with Gasteiger partial charge in [0.05, 0.1) is 5.56 Å². The first kappa shape index (κ1) is 20.1. The highest BCUT2D eigenvalue weighted by molar-refractivity contribution is 5.88. The van der Waals surface area contributed by atoms with E-state index in [-0.39, 0.29) is 11.7 Å². The first-order valence-corrected chi connectivity index (χ1v) is 10.1. The zero-order valence-corrected chi connectivity index (χ0v) is 16.8. The van der Waals surface area contributed by atoms with E-state index >= 15 is 0 Å². The summed E-state index contributed by atoms with van der Waals surface area (Å²) >= 11 is 0. The number of hydrogen-bond acceptors (Lipinski definition) is 5. The van der Waals surface area contributed by atoms with Crippen LogP contribution < -0.4 is 0 Å². The number of carboxylic acids is 1. The van der Waals surface area contributed by atoms with E-state index in [0.717, 1.165) is 18.2 Å². The van der Waals surface area contributed by atoms with E-state index in [4.69, 9.17) is 9.63 Å². The van der Waals surface area contributed by atoms with Gasteiger partial charge in [-0.25, -0.2) is 9.18 Å². The molecule has 0 saturated carbocycles. The molecule has 1 saturated heterocycles. The van der Waals surface area contributed by atoms with Crippen LogP contribution in [0.15, 0.2) is 53.2 Å². The maximum absolute atomic E-state index is 14.0. The number of carboxylic acid groups (broad SMARTS) is 1. The molecule has 2 aromatic rings. The Kier molecular flexibility index (Phi) is 5.53. The molecule has 1 aromatic heterocycles. The number of benzene rings is 1. The summed E-state index contributed by atoms with van der Waals surface area (Å²) in [5.74, 6) is -1.40. The molecule has 0 bridgehead atoms. The van der Waals surface area contributed by atoms with E-state index in [2.05, 4.69) is 34.6 Å². The molecular formula is C23H24FN3O3. The van der Waals surface area contributed by atoms with Gasteiger partial charge in [0.15, 0.2) is 0 Å². The van der Waals surface area contributed by atoms with Crippen molar-refractivity contribution in [1.82, 2.24) is 15.0 Å². The minimum atomic E-state index is -1.32. The average molecular weight is 409 g/mol. The van der Waals surface area contributed by atoms with Crippen LogP contribution in [0.3, 0.4) is 0 Å². The SMILES string of the molecule is C=CC1CC(c2nc(-c3ccc(C(=O)O)c(F)c3)no2)=CC=C1N1CCCCC1C. The number of likely N-dealkylation sites (tertiary alicyclic amines) is 1. The third-order valence-electron chi connectivity index (χ3n) is 5.85. The van der Waals surface area contributed by atoms with Crippen molar-refractivity contribution >= 4 is 11.5 Å². The second-order valence-electron chi connectivity index (χ2n) is 7.79.